The molecule has 0 radical (unpaired) electrons. The average Bonchev–Trinajstić information content (AvgIpc) is 3.35. The summed E-state index contributed by atoms with van der Waals surface area (Å²) in [5.74, 6) is 0.849. The number of nitrogens with zero attached hydrogens (tertiary/aromatic N) is 2. The Morgan fingerprint density at radius 3 is 2.55 bits per heavy atom. The van der Waals surface area contributed by atoms with Gasteiger partial charge in [0.05, 0.1) is 27.9 Å². The Bertz CT molecular complexity index is 1340. The first-order valence-corrected chi connectivity index (χ1v) is 10.9. The molecule has 31 heavy (non-hydrogen) atoms. The molecule has 0 aliphatic carbocycles. The van der Waals surface area contributed by atoms with E-state index in [1.54, 1.807) is 0 Å². The zero-order valence-electron chi connectivity index (χ0n) is 19.3. The van der Waals surface area contributed by atoms with E-state index in [9.17, 15) is 0 Å². The first-order valence-electron chi connectivity index (χ1n) is 10.9. The van der Waals surface area contributed by atoms with E-state index < -0.39 is 0 Å². The molecular formula is C26H32N4O. The number of fused-ring (bicyclic) bond motifs is 1. The highest BCUT2D eigenvalue weighted by Gasteiger charge is 2.16. The topological polar surface area (TPSA) is 56.4 Å². The standard InChI is InChI=1S/C26H32N4O/c1-16(2)31-25-15-24(28-23(25)14-22-17(3)13-18(4)27-22)26-20(11-12-30(5)6)19-9-7-8-10-21(19)29-26/h7-10,13-16,27-28H,11-12H2,1-6H3. The quantitative estimate of drug-likeness (QED) is 0.647. The second-order valence-electron chi connectivity index (χ2n) is 8.83. The summed E-state index contributed by atoms with van der Waals surface area (Å²) < 4.78 is 6.17. The van der Waals surface area contributed by atoms with Gasteiger partial charge in [-0.2, -0.15) is 0 Å². The zero-order chi connectivity index (χ0) is 22.1. The molecule has 1 aromatic carbocycles. The summed E-state index contributed by atoms with van der Waals surface area (Å²) in [7, 11) is 4.21. The number of H-pyrrole nitrogens is 2. The van der Waals surface area contributed by atoms with Crippen molar-refractivity contribution in [3.8, 4) is 5.75 Å². The van der Waals surface area contributed by atoms with Gasteiger partial charge in [0.25, 0.3) is 0 Å². The van der Waals surface area contributed by atoms with E-state index in [4.69, 9.17) is 9.73 Å². The highest BCUT2D eigenvalue weighted by atomic mass is 16.5. The van der Waals surface area contributed by atoms with Crippen molar-refractivity contribution in [2.75, 3.05) is 20.6 Å². The van der Waals surface area contributed by atoms with Gasteiger partial charge in [-0.25, -0.2) is 4.99 Å². The molecule has 0 amide bonds. The predicted octanol–water partition coefficient (Wildman–Crippen LogP) is 2.12. The molecule has 3 heterocycles. The van der Waals surface area contributed by atoms with Gasteiger partial charge in [-0.15, -0.1) is 0 Å². The second kappa shape index (κ2) is 8.60. The summed E-state index contributed by atoms with van der Waals surface area (Å²) in [4.78, 5) is 14.2. The van der Waals surface area contributed by atoms with Gasteiger partial charge in [0.1, 0.15) is 5.75 Å². The van der Waals surface area contributed by atoms with Gasteiger partial charge in [0.15, 0.2) is 0 Å². The molecule has 0 unspecified atom stereocenters. The smallest absolute Gasteiger partial charge is 0.145 e. The monoisotopic (exact) mass is 416 g/mol. The molecule has 0 bridgehead atoms. The van der Waals surface area contributed by atoms with E-state index in [-0.39, 0.29) is 6.10 Å². The number of nitrogens with one attached hydrogen (secondary N) is 2. The number of hydrogen-bond acceptors (Lipinski definition) is 3. The van der Waals surface area contributed by atoms with E-state index in [2.05, 4.69) is 93.1 Å². The molecule has 1 aliphatic rings. The van der Waals surface area contributed by atoms with E-state index in [1.807, 2.05) is 6.07 Å². The number of benzene rings is 1. The Morgan fingerprint density at radius 1 is 1.10 bits per heavy atom. The fourth-order valence-corrected chi connectivity index (χ4v) is 4.03. The summed E-state index contributed by atoms with van der Waals surface area (Å²) in [6.45, 7) is 9.27. The maximum absolute atomic E-state index is 6.17. The highest BCUT2D eigenvalue weighted by molar-refractivity contribution is 5.89. The summed E-state index contributed by atoms with van der Waals surface area (Å²) in [6, 6.07) is 12.6. The number of aromatic amines is 2. The van der Waals surface area contributed by atoms with Crippen LogP contribution in [0.2, 0.25) is 0 Å². The maximum Gasteiger partial charge on any atom is 0.145 e. The number of ether oxygens (including phenoxy) is 1. The number of rotatable bonds is 6. The van der Waals surface area contributed by atoms with Gasteiger partial charge in [0, 0.05) is 29.2 Å². The number of para-hydroxylation sites is 1. The lowest BCUT2D eigenvalue weighted by molar-refractivity contribution is 0.240. The third kappa shape index (κ3) is 4.52. The van der Waals surface area contributed by atoms with Crippen LogP contribution in [-0.2, 0) is 0 Å². The maximum atomic E-state index is 6.17. The molecule has 4 rings (SSSR count). The summed E-state index contributed by atoms with van der Waals surface area (Å²) in [5, 5.41) is 4.21. The van der Waals surface area contributed by atoms with Crippen molar-refractivity contribution in [2.45, 2.75) is 40.2 Å². The SMILES string of the molecule is Cc1cc(C)c(C=c2[nH]c(=C3N=c4ccccc4=C3CCN(C)C)cc2OC(C)C)[nH]1. The molecule has 5 nitrogen and oxygen atoms in total. The van der Waals surface area contributed by atoms with Crippen LogP contribution < -0.4 is 26.0 Å². The number of aryl methyl sites for hydroxylation is 2. The normalized spacial score (nSPS) is 15.7. The molecule has 1 aliphatic heterocycles. The molecule has 0 saturated carbocycles. The Hall–Kier alpha value is -3.05. The molecule has 2 N–H and O–H groups in total. The molecule has 0 atom stereocenters. The van der Waals surface area contributed by atoms with E-state index in [0.29, 0.717) is 0 Å². The summed E-state index contributed by atoms with van der Waals surface area (Å²) >= 11 is 0. The minimum atomic E-state index is 0.0854. The van der Waals surface area contributed by atoms with Gasteiger partial charge >= 0.3 is 0 Å². The molecule has 0 fully saturated rings. The van der Waals surface area contributed by atoms with Crippen molar-refractivity contribution in [2.24, 2.45) is 4.99 Å². The fraction of sp³-hybridized carbons (Fsp3) is 0.346. The van der Waals surface area contributed by atoms with E-state index in [1.165, 1.54) is 16.4 Å². The Labute approximate surface area is 183 Å². The average molecular weight is 417 g/mol. The van der Waals surface area contributed by atoms with Crippen molar-refractivity contribution in [1.29, 1.82) is 0 Å². The van der Waals surface area contributed by atoms with Crippen LogP contribution in [0.5, 0.6) is 5.75 Å². The minimum Gasteiger partial charge on any atom is -0.489 e. The number of hydrogen-bond donors (Lipinski definition) is 2. The van der Waals surface area contributed by atoms with Crippen LogP contribution in [0.1, 0.15) is 37.2 Å². The van der Waals surface area contributed by atoms with Crippen molar-refractivity contribution < 1.29 is 4.74 Å². The molecule has 162 valence electrons. The van der Waals surface area contributed by atoms with Gasteiger partial charge in [-0.3, -0.25) is 0 Å². The molecule has 0 spiro atoms. The molecular weight excluding hydrogens is 384 g/mol. The van der Waals surface area contributed by atoms with Gasteiger partial charge in [-0.1, -0.05) is 18.2 Å². The van der Waals surface area contributed by atoms with Crippen LogP contribution in [0.4, 0.5) is 0 Å². The van der Waals surface area contributed by atoms with Gasteiger partial charge in [0.2, 0.25) is 0 Å². The predicted molar refractivity (Wildman–Crippen MR) is 127 cm³/mol. The zero-order valence-corrected chi connectivity index (χ0v) is 19.3. The lowest BCUT2D eigenvalue weighted by atomic mass is 10.1. The fourth-order valence-electron chi connectivity index (χ4n) is 4.03. The summed E-state index contributed by atoms with van der Waals surface area (Å²) in [5.41, 5.74) is 5.74. The lowest BCUT2D eigenvalue weighted by Gasteiger charge is -2.10. The van der Waals surface area contributed by atoms with Crippen LogP contribution in [0, 0.1) is 13.8 Å². The summed E-state index contributed by atoms with van der Waals surface area (Å²) in [6.07, 6.45) is 3.16. The van der Waals surface area contributed by atoms with Crippen LogP contribution >= 0.6 is 0 Å². The Balaban J connectivity index is 1.93. The Morgan fingerprint density at radius 2 is 1.87 bits per heavy atom. The minimum absolute atomic E-state index is 0.0854. The first-order chi connectivity index (χ1) is 14.8. The highest BCUT2D eigenvalue weighted by Crippen LogP contribution is 2.19. The van der Waals surface area contributed by atoms with Crippen LogP contribution in [-0.4, -0.2) is 41.6 Å². The van der Waals surface area contributed by atoms with Crippen molar-refractivity contribution >= 4 is 17.3 Å². The van der Waals surface area contributed by atoms with Crippen LogP contribution in [0.3, 0.4) is 0 Å². The Kier molecular flexibility index (Phi) is 5.88. The number of aromatic nitrogens is 2. The van der Waals surface area contributed by atoms with Crippen molar-refractivity contribution in [3.05, 3.63) is 74.6 Å². The van der Waals surface area contributed by atoms with Gasteiger partial charge in [-0.05, 0) is 77.6 Å². The molecule has 2 aromatic heterocycles. The van der Waals surface area contributed by atoms with Crippen molar-refractivity contribution in [3.63, 3.8) is 0 Å². The molecule has 3 aromatic rings. The third-order valence-electron chi connectivity index (χ3n) is 5.46. The molecule has 0 saturated heterocycles. The second-order valence-corrected chi connectivity index (χ2v) is 8.83. The first kappa shape index (κ1) is 21.2. The van der Waals surface area contributed by atoms with E-state index in [0.717, 1.165) is 51.9 Å². The third-order valence-corrected chi connectivity index (χ3v) is 5.46. The van der Waals surface area contributed by atoms with E-state index >= 15 is 0 Å². The lowest BCUT2D eigenvalue weighted by Crippen LogP contribution is -2.23. The largest absolute Gasteiger partial charge is 0.489 e. The van der Waals surface area contributed by atoms with Crippen molar-refractivity contribution in [1.82, 2.24) is 14.9 Å². The molecule has 5 heteroatoms. The van der Waals surface area contributed by atoms with Crippen LogP contribution in [0.25, 0.3) is 17.3 Å². The van der Waals surface area contributed by atoms with Crippen LogP contribution in [0.15, 0.2) is 41.4 Å². The van der Waals surface area contributed by atoms with Gasteiger partial charge < -0.3 is 19.6 Å².